The molecular formula is C15H22FNO3S. The van der Waals surface area contributed by atoms with Crippen molar-refractivity contribution in [2.24, 2.45) is 5.41 Å². The van der Waals surface area contributed by atoms with Crippen molar-refractivity contribution in [3.8, 4) is 0 Å². The molecule has 0 bridgehead atoms. The van der Waals surface area contributed by atoms with Gasteiger partial charge in [0.2, 0.25) is 10.0 Å². The molecule has 0 amide bonds. The van der Waals surface area contributed by atoms with Crippen molar-refractivity contribution in [1.82, 2.24) is 4.72 Å². The van der Waals surface area contributed by atoms with Crippen LogP contribution in [0.25, 0.3) is 0 Å². The summed E-state index contributed by atoms with van der Waals surface area (Å²) < 4.78 is 41.4. The molecule has 1 aliphatic carbocycles. The van der Waals surface area contributed by atoms with Crippen LogP contribution in [0.15, 0.2) is 23.1 Å². The van der Waals surface area contributed by atoms with E-state index in [0.717, 1.165) is 31.7 Å². The van der Waals surface area contributed by atoms with E-state index in [0.29, 0.717) is 5.56 Å². The lowest BCUT2D eigenvalue weighted by atomic mass is 9.74. The van der Waals surface area contributed by atoms with Crippen molar-refractivity contribution in [2.75, 3.05) is 0 Å². The van der Waals surface area contributed by atoms with Crippen molar-refractivity contribution in [2.45, 2.75) is 57.1 Å². The molecule has 118 valence electrons. The van der Waals surface area contributed by atoms with Crippen LogP contribution in [0.5, 0.6) is 0 Å². The lowest BCUT2D eigenvalue weighted by molar-refractivity contribution is 0.188. The minimum Gasteiger partial charge on any atom is -0.392 e. The SMILES string of the molecule is CC1(C)CCCCC1NS(=O)(=O)c1cc(CO)ccc1F. The Balaban J connectivity index is 2.30. The lowest BCUT2D eigenvalue weighted by Gasteiger charge is -2.38. The first-order valence-corrected chi connectivity index (χ1v) is 8.66. The summed E-state index contributed by atoms with van der Waals surface area (Å²) in [6.45, 7) is 3.73. The second-order valence-corrected chi connectivity index (χ2v) is 8.01. The number of sulfonamides is 1. The second kappa shape index (κ2) is 6.02. The molecule has 2 rings (SSSR count). The van der Waals surface area contributed by atoms with E-state index < -0.39 is 20.7 Å². The fourth-order valence-electron chi connectivity index (χ4n) is 2.82. The van der Waals surface area contributed by atoms with Crippen molar-refractivity contribution < 1.29 is 17.9 Å². The van der Waals surface area contributed by atoms with Gasteiger partial charge in [-0.05, 0) is 36.0 Å². The molecule has 1 saturated carbocycles. The van der Waals surface area contributed by atoms with E-state index in [9.17, 15) is 12.8 Å². The zero-order chi connectivity index (χ0) is 15.7. The van der Waals surface area contributed by atoms with Crippen molar-refractivity contribution >= 4 is 10.0 Å². The predicted molar refractivity (Wildman–Crippen MR) is 78.7 cm³/mol. The Hall–Kier alpha value is -0.980. The third-order valence-electron chi connectivity index (χ3n) is 4.27. The van der Waals surface area contributed by atoms with Crippen LogP contribution in [0.1, 0.15) is 45.1 Å². The van der Waals surface area contributed by atoms with Crippen LogP contribution in [0.2, 0.25) is 0 Å². The fraction of sp³-hybridized carbons (Fsp3) is 0.600. The topological polar surface area (TPSA) is 66.4 Å². The zero-order valence-corrected chi connectivity index (χ0v) is 13.2. The van der Waals surface area contributed by atoms with Crippen molar-refractivity contribution in [1.29, 1.82) is 0 Å². The molecule has 0 saturated heterocycles. The maximum atomic E-state index is 13.8. The molecule has 6 heteroatoms. The van der Waals surface area contributed by atoms with E-state index in [-0.39, 0.29) is 18.1 Å². The minimum atomic E-state index is -3.93. The highest BCUT2D eigenvalue weighted by atomic mass is 32.2. The van der Waals surface area contributed by atoms with Gasteiger partial charge in [-0.3, -0.25) is 0 Å². The molecular weight excluding hydrogens is 293 g/mol. The summed E-state index contributed by atoms with van der Waals surface area (Å²) in [5, 5.41) is 9.09. The van der Waals surface area contributed by atoms with Gasteiger partial charge < -0.3 is 5.11 Å². The summed E-state index contributed by atoms with van der Waals surface area (Å²) in [7, 11) is -3.93. The summed E-state index contributed by atoms with van der Waals surface area (Å²) in [5.74, 6) is -0.798. The molecule has 0 radical (unpaired) electrons. The van der Waals surface area contributed by atoms with Crippen LogP contribution in [0.3, 0.4) is 0 Å². The highest BCUT2D eigenvalue weighted by molar-refractivity contribution is 7.89. The monoisotopic (exact) mass is 315 g/mol. The summed E-state index contributed by atoms with van der Waals surface area (Å²) in [6, 6.07) is 3.44. The van der Waals surface area contributed by atoms with Gasteiger partial charge in [0.1, 0.15) is 10.7 Å². The first-order valence-electron chi connectivity index (χ1n) is 7.18. The van der Waals surface area contributed by atoms with Gasteiger partial charge in [-0.25, -0.2) is 17.5 Å². The molecule has 1 fully saturated rings. The Morgan fingerprint density at radius 2 is 2.10 bits per heavy atom. The zero-order valence-electron chi connectivity index (χ0n) is 12.4. The number of rotatable bonds is 4. The molecule has 1 aromatic rings. The van der Waals surface area contributed by atoms with Crippen LogP contribution in [0.4, 0.5) is 4.39 Å². The van der Waals surface area contributed by atoms with Gasteiger partial charge in [0.25, 0.3) is 0 Å². The minimum absolute atomic E-state index is 0.142. The Morgan fingerprint density at radius 1 is 1.38 bits per heavy atom. The molecule has 1 atom stereocenters. The number of nitrogens with one attached hydrogen (secondary N) is 1. The molecule has 21 heavy (non-hydrogen) atoms. The standard InChI is InChI=1S/C15H22FNO3S/c1-15(2)8-4-3-5-14(15)17-21(19,20)13-9-11(10-18)6-7-12(13)16/h6-7,9,14,17-18H,3-5,8,10H2,1-2H3. The van der Waals surface area contributed by atoms with Gasteiger partial charge in [0, 0.05) is 6.04 Å². The number of hydrogen-bond acceptors (Lipinski definition) is 3. The Morgan fingerprint density at radius 3 is 2.71 bits per heavy atom. The van der Waals surface area contributed by atoms with Crippen LogP contribution < -0.4 is 4.72 Å². The second-order valence-electron chi connectivity index (χ2n) is 6.33. The van der Waals surface area contributed by atoms with Crippen LogP contribution in [0, 0.1) is 11.2 Å². The van der Waals surface area contributed by atoms with E-state index in [1.807, 2.05) is 13.8 Å². The lowest BCUT2D eigenvalue weighted by Crippen LogP contribution is -2.46. The van der Waals surface area contributed by atoms with E-state index >= 15 is 0 Å². The van der Waals surface area contributed by atoms with Crippen molar-refractivity contribution in [3.63, 3.8) is 0 Å². The molecule has 4 nitrogen and oxygen atoms in total. The molecule has 1 aliphatic rings. The number of aliphatic hydroxyl groups excluding tert-OH is 1. The van der Waals surface area contributed by atoms with Gasteiger partial charge in [0.05, 0.1) is 6.61 Å². The van der Waals surface area contributed by atoms with E-state index in [1.165, 1.54) is 12.1 Å². The van der Waals surface area contributed by atoms with Crippen LogP contribution in [-0.4, -0.2) is 19.6 Å². The Bertz CT molecular complexity index is 613. The fourth-order valence-corrected chi connectivity index (χ4v) is 4.39. The van der Waals surface area contributed by atoms with Gasteiger partial charge in [-0.1, -0.05) is 32.8 Å². The average molecular weight is 315 g/mol. The van der Waals surface area contributed by atoms with E-state index in [1.54, 1.807) is 0 Å². The maximum absolute atomic E-state index is 13.8. The van der Waals surface area contributed by atoms with Gasteiger partial charge in [-0.2, -0.15) is 0 Å². The Labute approximate surface area is 125 Å². The van der Waals surface area contributed by atoms with Crippen LogP contribution >= 0.6 is 0 Å². The number of benzene rings is 1. The number of hydrogen-bond donors (Lipinski definition) is 2. The molecule has 0 aromatic heterocycles. The third-order valence-corrected chi connectivity index (χ3v) is 5.76. The molecule has 1 unspecified atom stereocenters. The van der Waals surface area contributed by atoms with Gasteiger partial charge >= 0.3 is 0 Å². The molecule has 0 heterocycles. The summed E-state index contributed by atoms with van der Waals surface area (Å²) in [5.41, 5.74) is 0.232. The molecule has 1 aromatic carbocycles. The maximum Gasteiger partial charge on any atom is 0.243 e. The Kier molecular flexibility index (Phi) is 4.70. The highest BCUT2D eigenvalue weighted by Crippen LogP contribution is 2.36. The van der Waals surface area contributed by atoms with Crippen molar-refractivity contribution in [3.05, 3.63) is 29.6 Å². The quantitative estimate of drug-likeness (QED) is 0.897. The smallest absolute Gasteiger partial charge is 0.243 e. The largest absolute Gasteiger partial charge is 0.392 e. The average Bonchev–Trinajstić information content (AvgIpc) is 2.41. The number of halogens is 1. The predicted octanol–water partition coefficient (Wildman–Crippen LogP) is 2.57. The van der Waals surface area contributed by atoms with Crippen LogP contribution in [-0.2, 0) is 16.6 Å². The molecule has 2 N–H and O–H groups in total. The third kappa shape index (κ3) is 3.62. The first-order chi connectivity index (χ1) is 9.76. The van der Waals surface area contributed by atoms with E-state index in [2.05, 4.69) is 4.72 Å². The summed E-state index contributed by atoms with van der Waals surface area (Å²) in [4.78, 5) is -0.393. The van der Waals surface area contributed by atoms with Gasteiger partial charge in [0.15, 0.2) is 0 Å². The molecule has 0 aliphatic heterocycles. The highest BCUT2D eigenvalue weighted by Gasteiger charge is 2.35. The number of aliphatic hydroxyl groups is 1. The first kappa shape index (κ1) is 16.4. The van der Waals surface area contributed by atoms with E-state index in [4.69, 9.17) is 5.11 Å². The molecule has 0 spiro atoms. The van der Waals surface area contributed by atoms with Gasteiger partial charge in [-0.15, -0.1) is 0 Å². The summed E-state index contributed by atoms with van der Waals surface area (Å²) >= 11 is 0. The summed E-state index contributed by atoms with van der Waals surface area (Å²) in [6.07, 6.45) is 3.75. The normalized spacial score (nSPS) is 22.2.